The SMILES string of the molecule is c1ccc(-c2ccc(N(c3cccc(-c4cccc5c(-c6ccccc6)cccc45)c3)c3cccc4c3oc3ccccc34)cc2)cc1. The minimum Gasteiger partial charge on any atom is -0.454 e. The van der Waals surface area contributed by atoms with Crippen LogP contribution in [0.4, 0.5) is 17.1 Å². The monoisotopic (exact) mass is 613 g/mol. The Balaban J connectivity index is 1.23. The highest BCUT2D eigenvalue weighted by Crippen LogP contribution is 2.44. The van der Waals surface area contributed by atoms with Gasteiger partial charge in [0.05, 0.1) is 5.69 Å². The van der Waals surface area contributed by atoms with E-state index in [2.05, 4.69) is 181 Å². The fraction of sp³-hybridized carbons (Fsp3) is 0. The minimum absolute atomic E-state index is 0.869. The second-order valence-corrected chi connectivity index (χ2v) is 12.1. The number of fused-ring (bicyclic) bond motifs is 4. The van der Waals surface area contributed by atoms with Crippen LogP contribution in [0.3, 0.4) is 0 Å². The first-order valence-corrected chi connectivity index (χ1v) is 16.4. The zero-order valence-corrected chi connectivity index (χ0v) is 26.3. The fourth-order valence-corrected chi connectivity index (χ4v) is 7.01. The van der Waals surface area contributed by atoms with Crippen molar-refractivity contribution in [1.82, 2.24) is 0 Å². The maximum absolute atomic E-state index is 6.59. The van der Waals surface area contributed by atoms with Crippen molar-refractivity contribution in [3.63, 3.8) is 0 Å². The van der Waals surface area contributed by atoms with Crippen LogP contribution < -0.4 is 4.90 Å². The van der Waals surface area contributed by atoms with E-state index in [1.54, 1.807) is 0 Å². The number of para-hydroxylation sites is 2. The Labute approximate surface area is 279 Å². The van der Waals surface area contributed by atoms with Crippen LogP contribution in [0, 0.1) is 0 Å². The molecule has 0 fully saturated rings. The molecule has 0 bridgehead atoms. The molecule has 226 valence electrons. The molecule has 2 nitrogen and oxygen atoms in total. The molecule has 0 aliphatic rings. The van der Waals surface area contributed by atoms with E-state index in [0.717, 1.165) is 44.6 Å². The van der Waals surface area contributed by atoms with E-state index in [-0.39, 0.29) is 0 Å². The van der Waals surface area contributed by atoms with Crippen molar-refractivity contribution in [3.8, 4) is 33.4 Å². The third kappa shape index (κ3) is 4.83. The topological polar surface area (TPSA) is 16.4 Å². The number of hydrogen-bond acceptors (Lipinski definition) is 2. The molecule has 0 aliphatic heterocycles. The lowest BCUT2D eigenvalue weighted by Gasteiger charge is -2.26. The van der Waals surface area contributed by atoms with Gasteiger partial charge in [0.15, 0.2) is 5.58 Å². The number of furan rings is 1. The van der Waals surface area contributed by atoms with E-state index in [1.165, 1.54) is 38.6 Å². The predicted molar refractivity (Wildman–Crippen MR) is 202 cm³/mol. The molecule has 0 spiro atoms. The molecule has 9 aromatic rings. The molecule has 0 radical (unpaired) electrons. The maximum Gasteiger partial charge on any atom is 0.159 e. The van der Waals surface area contributed by atoms with Crippen LogP contribution in [-0.4, -0.2) is 0 Å². The van der Waals surface area contributed by atoms with Crippen molar-refractivity contribution in [2.75, 3.05) is 4.90 Å². The predicted octanol–water partition coefficient (Wildman–Crippen LogP) is 13.2. The van der Waals surface area contributed by atoms with Gasteiger partial charge in [0.25, 0.3) is 0 Å². The molecule has 0 atom stereocenters. The van der Waals surface area contributed by atoms with Crippen molar-refractivity contribution in [1.29, 1.82) is 0 Å². The van der Waals surface area contributed by atoms with Gasteiger partial charge >= 0.3 is 0 Å². The number of nitrogens with zero attached hydrogens (tertiary/aromatic N) is 1. The standard InChI is InChI=1S/C46H31NO/c1-3-13-32(14-4-1)33-27-29-36(30-28-33)47(44-25-12-24-43-42-19-7-8-26-45(42)48-46(43)44)37-18-9-17-35(31-37)39-21-11-22-40-38(20-10-23-41(39)40)34-15-5-2-6-16-34/h1-31H. The highest BCUT2D eigenvalue weighted by molar-refractivity contribution is 6.10. The smallest absolute Gasteiger partial charge is 0.159 e. The summed E-state index contributed by atoms with van der Waals surface area (Å²) in [5.41, 5.74) is 12.1. The molecule has 0 N–H and O–H groups in total. The van der Waals surface area contributed by atoms with E-state index < -0.39 is 0 Å². The van der Waals surface area contributed by atoms with Crippen LogP contribution in [0.1, 0.15) is 0 Å². The number of hydrogen-bond donors (Lipinski definition) is 0. The van der Waals surface area contributed by atoms with Gasteiger partial charge in [-0.1, -0.05) is 152 Å². The van der Waals surface area contributed by atoms with E-state index >= 15 is 0 Å². The van der Waals surface area contributed by atoms with Gasteiger partial charge in [-0.15, -0.1) is 0 Å². The van der Waals surface area contributed by atoms with E-state index in [0.29, 0.717) is 0 Å². The third-order valence-electron chi connectivity index (χ3n) is 9.28. The van der Waals surface area contributed by atoms with Crippen LogP contribution >= 0.6 is 0 Å². The number of rotatable bonds is 6. The first kappa shape index (κ1) is 27.9. The summed E-state index contributed by atoms with van der Waals surface area (Å²) in [4.78, 5) is 2.32. The van der Waals surface area contributed by atoms with E-state index in [9.17, 15) is 0 Å². The van der Waals surface area contributed by atoms with Gasteiger partial charge in [-0.05, 0) is 80.6 Å². The van der Waals surface area contributed by atoms with Gasteiger partial charge in [-0.3, -0.25) is 0 Å². The summed E-state index contributed by atoms with van der Waals surface area (Å²) in [6, 6.07) is 66.8. The summed E-state index contributed by atoms with van der Waals surface area (Å²) in [6.45, 7) is 0. The number of anilines is 3. The summed E-state index contributed by atoms with van der Waals surface area (Å²) < 4.78 is 6.59. The summed E-state index contributed by atoms with van der Waals surface area (Å²) in [7, 11) is 0. The van der Waals surface area contributed by atoms with Crippen LogP contribution in [-0.2, 0) is 0 Å². The summed E-state index contributed by atoms with van der Waals surface area (Å²) in [6.07, 6.45) is 0. The summed E-state index contributed by atoms with van der Waals surface area (Å²) >= 11 is 0. The lowest BCUT2D eigenvalue weighted by Crippen LogP contribution is -2.10. The number of benzene rings is 8. The minimum atomic E-state index is 0.869. The van der Waals surface area contributed by atoms with Crippen molar-refractivity contribution in [2.45, 2.75) is 0 Å². The maximum atomic E-state index is 6.59. The van der Waals surface area contributed by atoms with Gasteiger partial charge in [-0.25, -0.2) is 0 Å². The van der Waals surface area contributed by atoms with E-state index in [1.807, 2.05) is 12.1 Å². The van der Waals surface area contributed by atoms with Gasteiger partial charge in [0.1, 0.15) is 5.58 Å². The van der Waals surface area contributed by atoms with Crippen molar-refractivity contribution in [3.05, 3.63) is 188 Å². The molecule has 0 amide bonds. The zero-order valence-electron chi connectivity index (χ0n) is 26.3. The quantitative estimate of drug-likeness (QED) is 0.185. The fourth-order valence-electron chi connectivity index (χ4n) is 7.01. The summed E-state index contributed by atoms with van der Waals surface area (Å²) in [5.74, 6) is 0. The average molecular weight is 614 g/mol. The Morgan fingerprint density at radius 3 is 1.62 bits per heavy atom. The van der Waals surface area contributed by atoms with Crippen LogP contribution in [0.2, 0.25) is 0 Å². The third-order valence-corrected chi connectivity index (χ3v) is 9.28. The van der Waals surface area contributed by atoms with Gasteiger partial charge in [-0.2, -0.15) is 0 Å². The molecule has 1 heterocycles. The Hall–Kier alpha value is -6.38. The molecule has 48 heavy (non-hydrogen) atoms. The lowest BCUT2D eigenvalue weighted by molar-refractivity contribution is 0.669. The molecule has 0 saturated heterocycles. The van der Waals surface area contributed by atoms with Crippen LogP contribution in [0.25, 0.3) is 66.1 Å². The van der Waals surface area contributed by atoms with Crippen molar-refractivity contribution >= 4 is 49.8 Å². The Morgan fingerprint density at radius 2 is 0.875 bits per heavy atom. The van der Waals surface area contributed by atoms with Crippen LogP contribution in [0.15, 0.2) is 192 Å². The second kappa shape index (κ2) is 11.8. The zero-order chi connectivity index (χ0) is 31.9. The Morgan fingerprint density at radius 1 is 0.333 bits per heavy atom. The molecule has 0 aliphatic carbocycles. The molecule has 0 unspecified atom stereocenters. The van der Waals surface area contributed by atoms with Crippen LogP contribution in [0.5, 0.6) is 0 Å². The molecular weight excluding hydrogens is 583 g/mol. The van der Waals surface area contributed by atoms with Gasteiger partial charge < -0.3 is 9.32 Å². The molecule has 8 aromatic carbocycles. The molecule has 1 aromatic heterocycles. The first-order valence-electron chi connectivity index (χ1n) is 16.4. The lowest BCUT2D eigenvalue weighted by atomic mass is 9.93. The second-order valence-electron chi connectivity index (χ2n) is 12.1. The molecule has 0 saturated carbocycles. The Kier molecular flexibility index (Phi) is 6.84. The normalized spacial score (nSPS) is 11.3. The van der Waals surface area contributed by atoms with Gasteiger partial charge in [0, 0.05) is 22.1 Å². The molecule has 2 heteroatoms. The summed E-state index contributed by atoms with van der Waals surface area (Å²) in [5, 5.41) is 4.70. The highest BCUT2D eigenvalue weighted by Gasteiger charge is 2.20. The first-order chi connectivity index (χ1) is 23.8. The Bertz CT molecular complexity index is 2550. The van der Waals surface area contributed by atoms with Crippen molar-refractivity contribution in [2.24, 2.45) is 0 Å². The van der Waals surface area contributed by atoms with Gasteiger partial charge in [0.2, 0.25) is 0 Å². The van der Waals surface area contributed by atoms with Crippen molar-refractivity contribution < 1.29 is 4.42 Å². The van der Waals surface area contributed by atoms with E-state index in [4.69, 9.17) is 4.42 Å². The molecular formula is C46H31NO. The molecule has 9 rings (SSSR count). The highest BCUT2D eigenvalue weighted by atomic mass is 16.3. The average Bonchev–Trinajstić information content (AvgIpc) is 3.55. The largest absolute Gasteiger partial charge is 0.454 e.